The number of primary amides is 1. The molecule has 3 rings (SSSR count). The summed E-state index contributed by atoms with van der Waals surface area (Å²) in [6.07, 6.45) is 2.44. The molecule has 1 amide bonds. The SMILES string of the molecule is CCCNCc1ccc(Nc2cc(NCc3cc(F)cc(F)c3)c(C(N)=O)cn2)cc1. The third-order valence-electron chi connectivity index (χ3n) is 4.56. The molecule has 1 aromatic heterocycles. The highest BCUT2D eigenvalue weighted by Crippen LogP contribution is 2.23. The topological polar surface area (TPSA) is 92.1 Å². The molecule has 0 saturated carbocycles. The number of carbonyl (C=O) groups is 1. The van der Waals surface area contributed by atoms with E-state index in [4.69, 9.17) is 5.73 Å². The molecule has 0 unspecified atom stereocenters. The number of nitrogens with zero attached hydrogens (tertiary/aromatic N) is 1. The fourth-order valence-corrected chi connectivity index (χ4v) is 3.04. The van der Waals surface area contributed by atoms with Crippen LogP contribution in [-0.2, 0) is 13.1 Å². The molecule has 3 aromatic rings. The summed E-state index contributed by atoms with van der Waals surface area (Å²) in [4.78, 5) is 16.0. The standard InChI is InChI=1S/C23H25F2N5O/c1-2-7-27-12-15-3-5-19(6-4-15)30-22-11-21(20(14-29-22)23(26)31)28-13-16-8-17(24)10-18(25)9-16/h3-6,8-11,14,27H,2,7,12-13H2,1H3,(H2,26,31)(H2,28,29,30). The van der Waals surface area contributed by atoms with Crippen molar-refractivity contribution < 1.29 is 13.6 Å². The van der Waals surface area contributed by atoms with Crippen LogP contribution in [0.3, 0.4) is 0 Å². The predicted octanol–water partition coefficient (Wildman–Crippen LogP) is 4.31. The maximum atomic E-state index is 13.4. The quantitative estimate of drug-likeness (QED) is 0.363. The fourth-order valence-electron chi connectivity index (χ4n) is 3.04. The van der Waals surface area contributed by atoms with Crippen molar-refractivity contribution in [1.29, 1.82) is 0 Å². The normalized spacial score (nSPS) is 10.7. The molecule has 5 N–H and O–H groups in total. The van der Waals surface area contributed by atoms with Gasteiger partial charge in [0, 0.05) is 37.1 Å². The van der Waals surface area contributed by atoms with Gasteiger partial charge in [0.15, 0.2) is 0 Å². The molecule has 0 aliphatic carbocycles. The minimum Gasteiger partial charge on any atom is -0.380 e. The number of aromatic nitrogens is 1. The Morgan fingerprint density at radius 3 is 2.35 bits per heavy atom. The van der Waals surface area contributed by atoms with Crippen molar-refractivity contribution in [3.63, 3.8) is 0 Å². The molecule has 162 valence electrons. The Kier molecular flexibility index (Phi) is 7.50. The number of halogens is 2. The number of nitrogens with two attached hydrogens (primary N) is 1. The molecule has 2 aromatic carbocycles. The van der Waals surface area contributed by atoms with Crippen molar-refractivity contribution in [3.05, 3.63) is 83.1 Å². The summed E-state index contributed by atoms with van der Waals surface area (Å²) >= 11 is 0. The maximum absolute atomic E-state index is 13.4. The lowest BCUT2D eigenvalue weighted by molar-refractivity contribution is 0.100. The van der Waals surface area contributed by atoms with Crippen molar-refractivity contribution in [2.75, 3.05) is 17.2 Å². The second-order valence-corrected chi connectivity index (χ2v) is 7.11. The molecule has 0 aliphatic heterocycles. The Bertz CT molecular complexity index is 1020. The van der Waals surface area contributed by atoms with Gasteiger partial charge in [-0.05, 0) is 48.4 Å². The maximum Gasteiger partial charge on any atom is 0.252 e. The first kappa shape index (κ1) is 22.2. The number of rotatable bonds is 10. The molecule has 1 heterocycles. The van der Waals surface area contributed by atoms with Gasteiger partial charge in [-0.3, -0.25) is 4.79 Å². The second kappa shape index (κ2) is 10.5. The highest BCUT2D eigenvalue weighted by atomic mass is 19.1. The molecule has 0 radical (unpaired) electrons. The summed E-state index contributed by atoms with van der Waals surface area (Å²) in [5.74, 6) is -1.50. The van der Waals surface area contributed by atoms with Crippen molar-refractivity contribution >= 4 is 23.1 Å². The van der Waals surface area contributed by atoms with Crippen LogP contribution >= 0.6 is 0 Å². The average Bonchev–Trinajstić information content (AvgIpc) is 2.73. The van der Waals surface area contributed by atoms with Crippen LogP contribution in [0.15, 0.2) is 54.7 Å². The summed E-state index contributed by atoms with van der Waals surface area (Å²) in [6.45, 7) is 4.00. The minimum atomic E-state index is -0.669. The smallest absolute Gasteiger partial charge is 0.252 e. The molecule has 0 saturated heterocycles. The Morgan fingerprint density at radius 1 is 1.00 bits per heavy atom. The van der Waals surface area contributed by atoms with Gasteiger partial charge in [0.25, 0.3) is 5.91 Å². The summed E-state index contributed by atoms with van der Waals surface area (Å²) in [5.41, 5.74) is 8.42. The largest absolute Gasteiger partial charge is 0.380 e. The molecule has 0 bridgehead atoms. The van der Waals surface area contributed by atoms with Crippen LogP contribution in [0.25, 0.3) is 0 Å². The zero-order chi connectivity index (χ0) is 22.2. The monoisotopic (exact) mass is 425 g/mol. The Labute approximate surface area is 179 Å². The summed E-state index contributed by atoms with van der Waals surface area (Å²) in [6, 6.07) is 12.8. The number of carbonyl (C=O) groups excluding carboxylic acids is 1. The van der Waals surface area contributed by atoms with Gasteiger partial charge in [0.2, 0.25) is 0 Å². The lowest BCUT2D eigenvalue weighted by atomic mass is 10.1. The molecular weight excluding hydrogens is 400 g/mol. The zero-order valence-electron chi connectivity index (χ0n) is 17.2. The predicted molar refractivity (Wildman–Crippen MR) is 118 cm³/mol. The van der Waals surface area contributed by atoms with Crippen LogP contribution in [0.1, 0.15) is 34.8 Å². The van der Waals surface area contributed by atoms with Gasteiger partial charge in [-0.25, -0.2) is 13.8 Å². The van der Waals surface area contributed by atoms with E-state index >= 15 is 0 Å². The van der Waals surface area contributed by atoms with Gasteiger partial charge in [-0.15, -0.1) is 0 Å². The Morgan fingerprint density at radius 2 is 1.71 bits per heavy atom. The lowest BCUT2D eigenvalue weighted by Crippen LogP contribution is -2.15. The van der Waals surface area contributed by atoms with Gasteiger partial charge in [0.05, 0.1) is 11.3 Å². The molecule has 0 spiro atoms. The molecule has 0 atom stereocenters. The van der Waals surface area contributed by atoms with Gasteiger partial charge >= 0.3 is 0 Å². The van der Waals surface area contributed by atoms with E-state index in [9.17, 15) is 13.6 Å². The first-order chi connectivity index (χ1) is 14.9. The third-order valence-corrected chi connectivity index (χ3v) is 4.56. The van der Waals surface area contributed by atoms with Crippen molar-refractivity contribution in [2.24, 2.45) is 5.73 Å². The first-order valence-corrected chi connectivity index (χ1v) is 10.00. The molecule has 31 heavy (non-hydrogen) atoms. The number of benzene rings is 2. The Hall–Kier alpha value is -3.52. The minimum absolute atomic E-state index is 0.109. The van der Waals surface area contributed by atoms with Crippen LogP contribution < -0.4 is 21.7 Å². The molecule has 0 aliphatic rings. The first-order valence-electron chi connectivity index (χ1n) is 10.00. The summed E-state index contributed by atoms with van der Waals surface area (Å²) in [5, 5.41) is 9.53. The van der Waals surface area contributed by atoms with Gasteiger partial charge < -0.3 is 21.7 Å². The van der Waals surface area contributed by atoms with E-state index in [0.717, 1.165) is 31.3 Å². The third kappa shape index (κ3) is 6.48. The van der Waals surface area contributed by atoms with Crippen molar-refractivity contribution in [3.8, 4) is 0 Å². The number of hydrogen-bond donors (Lipinski definition) is 4. The molecule has 0 fully saturated rings. The summed E-state index contributed by atoms with van der Waals surface area (Å²) in [7, 11) is 0. The highest BCUT2D eigenvalue weighted by molar-refractivity contribution is 5.98. The van der Waals surface area contributed by atoms with Crippen molar-refractivity contribution in [1.82, 2.24) is 10.3 Å². The van der Waals surface area contributed by atoms with E-state index in [1.54, 1.807) is 6.07 Å². The zero-order valence-corrected chi connectivity index (χ0v) is 17.2. The van der Waals surface area contributed by atoms with Gasteiger partial charge in [-0.2, -0.15) is 0 Å². The fraction of sp³-hybridized carbons (Fsp3) is 0.217. The molecular formula is C23H25F2N5O. The van der Waals surface area contributed by atoms with Crippen LogP contribution in [0.4, 0.5) is 26.0 Å². The number of anilines is 3. The van der Waals surface area contributed by atoms with Crippen LogP contribution in [0.5, 0.6) is 0 Å². The number of pyridine rings is 1. The van der Waals surface area contributed by atoms with E-state index in [-0.39, 0.29) is 12.1 Å². The van der Waals surface area contributed by atoms with Gasteiger partial charge in [0.1, 0.15) is 17.5 Å². The number of nitrogens with one attached hydrogen (secondary N) is 3. The molecule has 8 heteroatoms. The average molecular weight is 425 g/mol. The van der Waals surface area contributed by atoms with Gasteiger partial charge in [-0.1, -0.05) is 19.1 Å². The van der Waals surface area contributed by atoms with E-state index < -0.39 is 17.5 Å². The van der Waals surface area contributed by atoms with Crippen LogP contribution in [0, 0.1) is 11.6 Å². The van der Waals surface area contributed by atoms with Crippen LogP contribution in [-0.4, -0.2) is 17.4 Å². The second-order valence-electron chi connectivity index (χ2n) is 7.11. The number of hydrogen-bond acceptors (Lipinski definition) is 5. The van der Waals surface area contributed by atoms with Crippen LogP contribution in [0.2, 0.25) is 0 Å². The van der Waals surface area contributed by atoms with E-state index in [1.165, 1.54) is 23.9 Å². The highest BCUT2D eigenvalue weighted by Gasteiger charge is 2.11. The van der Waals surface area contributed by atoms with Crippen molar-refractivity contribution in [2.45, 2.75) is 26.4 Å². The Balaban J connectivity index is 1.72. The van der Waals surface area contributed by atoms with E-state index in [1.807, 2.05) is 24.3 Å². The lowest BCUT2D eigenvalue weighted by Gasteiger charge is -2.13. The number of amides is 1. The summed E-state index contributed by atoms with van der Waals surface area (Å²) < 4.78 is 26.8. The molecule has 6 nitrogen and oxygen atoms in total. The van der Waals surface area contributed by atoms with E-state index in [2.05, 4.69) is 27.9 Å². The van der Waals surface area contributed by atoms with E-state index in [0.29, 0.717) is 17.1 Å².